The minimum Gasteiger partial charge on any atom is -0.399 e. The number of amides is 1. The summed E-state index contributed by atoms with van der Waals surface area (Å²) in [6.45, 7) is 11.0. The zero-order chi connectivity index (χ0) is 16.1. The summed E-state index contributed by atoms with van der Waals surface area (Å²) < 4.78 is 12.3. The molecule has 0 saturated carbocycles. The van der Waals surface area contributed by atoms with Gasteiger partial charge >= 0.3 is 7.12 Å². The molecule has 0 unspecified atom stereocenters. The fourth-order valence-corrected chi connectivity index (χ4v) is 3.03. The normalized spacial score (nSPS) is 22.4. The summed E-state index contributed by atoms with van der Waals surface area (Å²) in [5.74, 6) is 0.00155. The van der Waals surface area contributed by atoms with Crippen molar-refractivity contribution in [1.82, 2.24) is 5.32 Å². The SMILES string of the molecule is CCc1cc2c(cc1B1OC(C)(C)C(C)(C)O1)C(=O)NCC2. The molecule has 22 heavy (non-hydrogen) atoms. The number of carbonyl (C=O) groups excluding carboxylic acids is 1. The van der Waals surface area contributed by atoms with Crippen molar-refractivity contribution in [1.29, 1.82) is 0 Å². The van der Waals surface area contributed by atoms with Gasteiger partial charge in [-0.25, -0.2) is 0 Å². The van der Waals surface area contributed by atoms with E-state index in [1.54, 1.807) is 0 Å². The first-order valence-electron chi connectivity index (χ1n) is 8.04. The molecule has 1 N–H and O–H groups in total. The van der Waals surface area contributed by atoms with Crippen molar-refractivity contribution in [2.24, 2.45) is 0 Å². The summed E-state index contributed by atoms with van der Waals surface area (Å²) in [5, 5.41) is 2.91. The molecule has 2 heterocycles. The lowest BCUT2D eigenvalue weighted by Gasteiger charge is -2.32. The quantitative estimate of drug-likeness (QED) is 0.848. The highest BCUT2D eigenvalue weighted by Gasteiger charge is 2.52. The number of aryl methyl sites for hydroxylation is 1. The molecule has 4 nitrogen and oxygen atoms in total. The van der Waals surface area contributed by atoms with Crippen LogP contribution in [0.3, 0.4) is 0 Å². The van der Waals surface area contributed by atoms with Crippen molar-refractivity contribution in [2.75, 3.05) is 6.54 Å². The van der Waals surface area contributed by atoms with Crippen LogP contribution in [-0.2, 0) is 22.2 Å². The van der Waals surface area contributed by atoms with Crippen molar-refractivity contribution >= 4 is 18.5 Å². The third kappa shape index (κ3) is 2.36. The Morgan fingerprint density at radius 3 is 2.41 bits per heavy atom. The standard InChI is InChI=1S/C17H24BNO3/c1-6-11-9-12-7-8-19-15(20)13(12)10-14(11)18-21-16(2,3)17(4,5)22-18/h9-10H,6-8H2,1-5H3,(H,19,20). The third-order valence-electron chi connectivity index (χ3n) is 5.18. The van der Waals surface area contributed by atoms with Gasteiger partial charge in [0.2, 0.25) is 0 Å². The number of hydrogen-bond donors (Lipinski definition) is 1. The van der Waals surface area contributed by atoms with Crippen LogP contribution in [0.4, 0.5) is 0 Å². The van der Waals surface area contributed by atoms with E-state index in [1.165, 1.54) is 5.56 Å². The first kappa shape index (κ1) is 15.6. The number of carbonyl (C=O) groups is 1. The lowest BCUT2D eigenvalue weighted by atomic mass is 9.73. The van der Waals surface area contributed by atoms with E-state index in [1.807, 2.05) is 33.8 Å². The maximum atomic E-state index is 12.1. The molecule has 1 aromatic carbocycles. The maximum absolute atomic E-state index is 12.1. The van der Waals surface area contributed by atoms with E-state index in [0.29, 0.717) is 6.54 Å². The van der Waals surface area contributed by atoms with Gasteiger partial charge < -0.3 is 14.6 Å². The number of fused-ring (bicyclic) bond motifs is 1. The minimum atomic E-state index is -0.417. The average Bonchev–Trinajstić information content (AvgIpc) is 2.66. The molecular weight excluding hydrogens is 277 g/mol. The fraction of sp³-hybridized carbons (Fsp3) is 0.588. The first-order chi connectivity index (χ1) is 10.2. The van der Waals surface area contributed by atoms with Crippen molar-refractivity contribution in [2.45, 2.75) is 58.7 Å². The highest BCUT2D eigenvalue weighted by atomic mass is 16.7. The lowest BCUT2D eigenvalue weighted by molar-refractivity contribution is 0.00578. The minimum absolute atomic E-state index is 0.00155. The molecule has 2 aliphatic rings. The molecule has 0 aliphatic carbocycles. The van der Waals surface area contributed by atoms with Crippen LogP contribution in [-0.4, -0.2) is 30.8 Å². The zero-order valence-electron chi connectivity index (χ0n) is 14.1. The van der Waals surface area contributed by atoms with E-state index in [4.69, 9.17) is 9.31 Å². The molecular formula is C17H24BNO3. The topological polar surface area (TPSA) is 47.6 Å². The predicted octanol–water partition coefficient (Wildman–Crippen LogP) is 1.83. The van der Waals surface area contributed by atoms with E-state index in [9.17, 15) is 4.79 Å². The average molecular weight is 301 g/mol. The molecule has 5 heteroatoms. The van der Waals surface area contributed by atoms with E-state index in [0.717, 1.165) is 29.4 Å². The summed E-state index contributed by atoms with van der Waals surface area (Å²) in [7, 11) is -0.417. The summed E-state index contributed by atoms with van der Waals surface area (Å²) in [5.41, 5.74) is 3.32. The number of hydrogen-bond acceptors (Lipinski definition) is 3. The summed E-state index contributed by atoms with van der Waals surface area (Å²) in [6.07, 6.45) is 1.78. The van der Waals surface area contributed by atoms with Crippen LogP contribution >= 0.6 is 0 Å². The smallest absolute Gasteiger partial charge is 0.399 e. The van der Waals surface area contributed by atoms with Crippen molar-refractivity contribution in [3.8, 4) is 0 Å². The first-order valence-corrected chi connectivity index (χ1v) is 8.04. The summed E-state index contributed by atoms with van der Waals surface area (Å²) in [4.78, 5) is 12.1. The number of benzene rings is 1. The Hall–Kier alpha value is -1.33. The molecule has 0 aromatic heterocycles. The van der Waals surface area contributed by atoms with Gasteiger partial charge in [0.15, 0.2) is 0 Å². The largest absolute Gasteiger partial charge is 0.495 e. The predicted molar refractivity (Wildman–Crippen MR) is 87.6 cm³/mol. The fourth-order valence-electron chi connectivity index (χ4n) is 3.03. The molecule has 0 atom stereocenters. The second-order valence-electron chi connectivity index (χ2n) is 7.16. The van der Waals surface area contributed by atoms with Crippen LogP contribution in [0.25, 0.3) is 0 Å². The molecule has 0 radical (unpaired) electrons. The maximum Gasteiger partial charge on any atom is 0.495 e. The Kier molecular flexibility index (Phi) is 3.61. The second kappa shape index (κ2) is 5.10. The molecule has 1 saturated heterocycles. The highest BCUT2D eigenvalue weighted by molar-refractivity contribution is 6.62. The Labute approximate surface area is 132 Å². The Morgan fingerprint density at radius 1 is 1.18 bits per heavy atom. The van der Waals surface area contributed by atoms with Gasteiger partial charge in [-0.1, -0.05) is 13.0 Å². The molecule has 1 fully saturated rings. The van der Waals surface area contributed by atoms with Gasteiger partial charge in [-0.05, 0) is 63.2 Å². The summed E-state index contributed by atoms with van der Waals surface area (Å²) >= 11 is 0. The van der Waals surface area contributed by atoms with Crippen molar-refractivity contribution < 1.29 is 14.1 Å². The molecule has 118 valence electrons. The Morgan fingerprint density at radius 2 is 1.82 bits per heavy atom. The van der Waals surface area contributed by atoms with Crippen LogP contribution in [0, 0.1) is 0 Å². The number of nitrogens with one attached hydrogen (secondary N) is 1. The molecule has 3 rings (SSSR count). The second-order valence-corrected chi connectivity index (χ2v) is 7.16. The molecule has 1 amide bonds. The molecule has 0 spiro atoms. The van der Waals surface area contributed by atoms with E-state index < -0.39 is 7.12 Å². The van der Waals surface area contributed by atoms with Gasteiger partial charge in [0.1, 0.15) is 0 Å². The molecule has 2 aliphatic heterocycles. The highest BCUT2D eigenvalue weighted by Crippen LogP contribution is 2.37. The number of rotatable bonds is 2. The monoisotopic (exact) mass is 301 g/mol. The van der Waals surface area contributed by atoms with Gasteiger partial charge in [-0.15, -0.1) is 0 Å². The van der Waals surface area contributed by atoms with Gasteiger partial charge in [0.25, 0.3) is 5.91 Å². The van der Waals surface area contributed by atoms with Crippen molar-refractivity contribution in [3.05, 3.63) is 28.8 Å². The van der Waals surface area contributed by atoms with Gasteiger partial charge in [-0.3, -0.25) is 4.79 Å². The molecule has 0 bridgehead atoms. The van der Waals surface area contributed by atoms with Crippen LogP contribution in [0.2, 0.25) is 0 Å². The Balaban J connectivity index is 2.04. The van der Waals surface area contributed by atoms with E-state index >= 15 is 0 Å². The lowest BCUT2D eigenvalue weighted by Crippen LogP contribution is -2.41. The molecule has 1 aromatic rings. The van der Waals surface area contributed by atoms with E-state index in [2.05, 4.69) is 18.3 Å². The van der Waals surface area contributed by atoms with Crippen LogP contribution < -0.4 is 10.8 Å². The van der Waals surface area contributed by atoms with Crippen LogP contribution in [0.15, 0.2) is 12.1 Å². The zero-order valence-corrected chi connectivity index (χ0v) is 14.1. The van der Waals surface area contributed by atoms with Crippen LogP contribution in [0.1, 0.15) is 56.1 Å². The third-order valence-corrected chi connectivity index (χ3v) is 5.18. The van der Waals surface area contributed by atoms with E-state index in [-0.39, 0.29) is 17.1 Å². The Bertz CT molecular complexity index is 609. The van der Waals surface area contributed by atoms with Gasteiger partial charge in [0.05, 0.1) is 11.2 Å². The summed E-state index contributed by atoms with van der Waals surface area (Å²) in [6, 6.07) is 4.11. The van der Waals surface area contributed by atoms with Crippen molar-refractivity contribution in [3.63, 3.8) is 0 Å². The van der Waals surface area contributed by atoms with Gasteiger partial charge in [0, 0.05) is 12.1 Å². The van der Waals surface area contributed by atoms with Crippen LogP contribution in [0.5, 0.6) is 0 Å². The van der Waals surface area contributed by atoms with Gasteiger partial charge in [-0.2, -0.15) is 0 Å².